The third-order valence-electron chi connectivity index (χ3n) is 3.44. The number of benzene rings is 1. The Morgan fingerprint density at radius 2 is 1.81 bits per heavy atom. The molecule has 0 unspecified atom stereocenters. The number of hydrogen-bond acceptors (Lipinski definition) is 1. The topological polar surface area (TPSA) is 12.0 Å². The fraction of sp³-hybridized carbons (Fsp3) is 0.467. The first-order valence-corrected chi connectivity index (χ1v) is 5.99. The minimum absolute atomic E-state index is 0.219. The van der Waals surface area contributed by atoms with Crippen molar-refractivity contribution < 1.29 is 0 Å². The second-order valence-electron chi connectivity index (χ2n) is 5.49. The third-order valence-corrected chi connectivity index (χ3v) is 3.44. The van der Waals surface area contributed by atoms with E-state index in [4.69, 9.17) is 0 Å². The SMILES string of the molecule is CC1=C(c2ccccc2C)CC(C)(C)NC1. The molecule has 0 spiro atoms. The van der Waals surface area contributed by atoms with Crippen LogP contribution in [-0.4, -0.2) is 12.1 Å². The highest BCUT2D eigenvalue weighted by atomic mass is 15.0. The van der Waals surface area contributed by atoms with Crippen LogP contribution in [0.4, 0.5) is 0 Å². The van der Waals surface area contributed by atoms with E-state index in [2.05, 4.69) is 57.3 Å². The van der Waals surface area contributed by atoms with Crippen LogP contribution in [0.25, 0.3) is 5.57 Å². The smallest absolute Gasteiger partial charge is 0.0173 e. The van der Waals surface area contributed by atoms with Gasteiger partial charge in [0.2, 0.25) is 0 Å². The van der Waals surface area contributed by atoms with E-state index in [1.165, 1.54) is 22.3 Å². The summed E-state index contributed by atoms with van der Waals surface area (Å²) in [6.45, 7) is 10.0. The maximum atomic E-state index is 3.57. The summed E-state index contributed by atoms with van der Waals surface area (Å²) in [6, 6.07) is 8.69. The molecule has 86 valence electrons. The van der Waals surface area contributed by atoms with Crippen molar-refractivity contribution in [1.82, 2.24) is 5.32 Å². The van der Waals surface area contributed by atoms with Crippen LogP contribution in [0.1, 0.15) is 38.3 Å². The zero-order valence-corrected chi connectivity index (χ0v) is 10.7. The molecule has 0 aliphatic carbocycles. The van der Waals surface area contributed by atoms with Crippen LogP contribution in [0.15, 0.2) is 29.8 Å². The molecule has 0 aromatic heterocycles. The van der Waals surface area contributed by atoms with E-state index < -0.39 is 0 Å². The standard InChI is InChI=1S/C15H21N/c1-11-7-5-6-8-13(11)14-9-15(3,4)16-10-12(14)2/h5-8,16H,9-10H2,1-4H3. The average molecular weight is 215 g/mol. The largest absolute Gasteiger partial charge is 0.308 e. The highest BCUT2D eigenvalue weighted by Gasteiger charge is 2.25. The van der Waals surface area contributed by atoms with Gasteiger partial charge in [0.1, 0.15) is 0 Å². The lowest BCUT2D eigenvalue weighted by atomic mass is 9.83. The lowest BCUT2D eigenvalue weighted by Gasteiger charge is -2.34. The molecule has 0 saturated carbocycles. The molecule has 1 aromatic carbocycles. The van der Waals surface area contributed by atoms with E-state index in [0.717, 1.165) is 13.0 Å². The van der Waals surface area contributed by atoms with Crippen LogP contribution in [0.2, 0.25) is 0 Å². The van der Waals surface area contributed by atoms with Gasteiger partial charge in [0.25, 0.3) is 0 Å². The van der Waals surface area contributed by atoms with Crippen LogP contribution >= 0.6 is 0 Å². The maximum absolute atomic E-state index is 3.57. The molecule has 1 N–H and O–H groups in total. The summed E-state index contributed by atoms with van der Waals surface area (Å²) < 4.78 is 0. The predicted octanol–water partition coefficient (Wildman–Crippen LogP) is 3.54. The van der Waals surface area contributed by atoms with Gasteiger partial charge in [-0.25, -0.2) is 0 Å². The zero-order chi connectivity index (χ0) is 11.8. The molecule has 0 atom stereocenters. The highest BCUT2D eigenvalue weighted by Crippen LogP contribution is 2.32. The van der Waals surface area contributed by atoms with Gasteiger partial charge in [0.15, 0.2) is 0 Å². The predicted molar refractivity (Wildman–Crippen MR) is 70.5 cm³/mol. The number of rotatable bonds is 1. The van der Waals surface area contributed by atoms with Crippen LogP contribution in [0, 0.1) is 6.92 Å². The Balaban J connectivity index is 2.44. The molecule has 0 bridgehead atoms. The normalized spacial score (nSPS) is 20.0. The second kappa shape index (κ2) is 4.06. The van der Waals surface area contributed by atoms with E-state index in [1.807, 2.05) is 0 Å². The Kier molecular flexibility index (Phi) is 2.90. The van der Waals surface area contributed by atoms with Gasteiger partial charge in [-0.05, 0) is 50.8 Å². The molecular weight excluding hydrogens is 194 g/mol. The van der Waals surface area contributed by atoms with Crippen LogP contribution in [0.5, 0.6) is 0 Å². The lowest BCUT2D eigenvalue weighted by molar-refractivity contribution is 0.399. The van der Waals surface area contributed by atoms with E-state index in [0.29, 0.717) is 0 Å². The summed E-state index contributed by atoms with van der Waals surface area (Å²) in [6.07, 6.45) is 1.11. The van der Waals surface area contributed by atoms with Gasteiger partial charge in [0, 0.05) is 12.1 Å². The molecule has 0 fully saturated rings. The summed E-state index contributed by atoms with van der Waals surface area (Å²) in [5.41, 5.74) is 6.04. The van der Waals surface area contributed by atoms with Crippen LogP contribution in [0.3, 0.4) is 0 Å². The summed E-state index contributed by atoms with van der Waals surface area (Å²) in [5.74, 6) is 0. The lowest BCUT2D eigenvalue weighted by Crippen LogP contribution is -2.43. The zero-order valence-electron chi connectivity index (χ0n) is 10.7. The first-order chi connectivity index (χ1) is 7.49. The van der Waals surface area contributed by atoms with Gasteiger partial charge >= 0.3 is 0 Å². The first-order valence-electron chi connectivity index (χ1n) is 5.99. The van der Waals surface area contributed by atoms with Gasteiger partial charge in [-0.15, -0.1) is 0 Å². The molecule has 16 heavy (non-hydrogen) atoms. The average Bonchev–Trinajstić information content (AvgIpc) is 2.23. The summed E-state index contributed by atoms with van der Waals surface area (Å²) >= 11 is 0. The number of hydrogen-bond donors (Lipinski definition) is 1. The van der Waals surface area contributed by atoms with Crippen molar-refractivity contribution in [3.8, 4) is 0 Å². The number of nitrogens with one attached hydrogen (secondary N) is 1. The van der Waals surface area contributed by atoms with E-state index >= 15 is 0 Å². The van der Waals surface area contributed by atoms with Crippen molar-refractivity contribution in [1.29, 1.82) is 0 Å². The molecular formula is C15H21N. The highest BCUT2D eigenvalue weighted by molar-refractivity contribution is 5.72. The Morgan fingerprint density at radius 1 is 1.12 bits per heavy atom. The Hall–Kier alpha value is -1.08. The molecule has 0 radical (unpaired) electrons. The molecule has 1 aliphatic rings. The fourth-order valence-corrected chi connectivity index (χ4v) is 2.37. The maximum Gasteiger partial charge on any atom is 0.0173 e. The summed E-state index contributed by atoms with van der Waals surface area (Å²) in [4.78, 5) is 0. The number of aryl methyl sites for hydroxylation is 1. The van der Waals surface area contributed by atoms with E-state index in [-0.39, 0.29) is 5.54 Å². The molecule has 0 amide bonds. The van der Waals surface area contributed by atoms with Crippen molar-refractivity contribution in [2.75, 3.05) is 6.54 Å². The van der Waals surface area contributed by atoms with Crippen molar-refractivity contribution in [2.24, 2.45) is 0 Å². The van der Waals surface area contributed by atoms with Crippen molar-refractivity contribution in [3.63, 3.8) is 0 Å². The molecule has 1 nitrogen and oxygen atoms in total. The van der Waals surface area contributed by atoms with Crippen molar-refractivity contribution in [3.05, 3.63) is 41.0 Å². The third kappa shape index (κ3) is 2.19. The van der Waals surface area contributed by atoms with Gasteiger partial charge < -0.3 is 5.32 Å². The molecule has 1 aromatic rings. The van der Waals surface area contributed by atoms with Gasteiger partial charge in [-0.3, -0.25) is 0 Å². The second-order valence-corrected chi connectivity index (χ2v) is 5.49. The van der Waals surface area contributed by atoms with Crippen LogP contribution in [-0.2, 0) is 0 Å². The Morgan fingerprint density at radius 3 is 2.50 bits per heavy atom. The van der Waals surface area contributed by atoms with Gasteiger partial charge in [-0.2, -0.15) is 0 Å². The van der Waals surface area contributed by atoms with Gasteiger partial charge in [0.05, 0.1) is 0 Å². The molecule has 1 aliphatic heterocycles. The Bertz CT molecular complexity index is 427. The molecule has 1 heterocycles. The fourth-order valence-electron chi connectivity index (χ4n) is 2.37. The van der Waals surface area contributed by atoms with E-state index in [1.54, 1.807) is 0 Å². The van der Waals surface area contributed by atoms with E-state index in [9.17, 15) is 0 Å². The quantitative estimate of drug-likeness (QED) is 0.755. The minimum atomic E-state index is 0.219. The summed E-state index contributed by atoms with van der Waals surface area (Å²) in [5, 5.41) is 3.57. The minimum Gasteiger partial charge on any atom is -0.308 e. The first kappa shape index (κ1) is 11.4. The Labute approximate surface area is 98.6 Å². The monoisotopic (exact) mass is 215 g/mol. The van der Waals surface area contributed by atoms with Gasteiger partial charge in [-0.1, -0.05) is 29.8 Å². The molecule has 1 heteroatoms. The van der Waals surface area contributed by atoms with Crippen molar-refractivity contribution >= 4 is 5.57 Å². The van der Waals surface area contributed by atoms with Crippen molar-refractivity contribution in [2.45, 2.75) is 39.7 Å². The molecule has 2 rings (SSSR count). The summed E-state index contributed by atoms with van der Waals surface area (Å²) in [7, 11) is 0. The molecule has 0 saturated heterocycles. The van der Waals surface area contributed by atoms with Crippen LogP contribution < -0.4 is 5.32 Å².